The number of hydrogen-bond acceptors (Lipinski definition) is 3. The van der Waals surface area contributed by atoms with Gasteiger partial charge in [0.15, 0.2) is 0 Å². The molecule has 0 aromatic heterocycles. The van der Waals surface area contributed by atoms with Crippen LogP contribution in [-0.2, 0) is 9.53 Å². The fourth-order valence-electron chi connectivity index (χ4n) is 1.59. The van der Waals surface area contributed by atoms with Gasteiger partial charge in [0.05, 0.1) is 0 Å². The first-order valence-electron chi connectivity index (χ1n) is 7.67. The zero-order valence-electron chi connectivity index (χ0n) is 13.6. The van der Waals surface area contributed by atoms with E-state index in [1.165, 1.54) is 25.7 Å². The molecular formula is C15H34N2O2. The number of amides is 1. The average molecular weight is 274 g/mol. The highest BCUT2D eigenvalue weighted by Gasteiger charge is 2.00. The Morgan fingerprint density at radius 1 is 1.11 bits per heavy atom. The Bertz CT molecular complexity index is 187. The van der Waals surface area contributed by atoms with E-state index in [2.05, 4.69) is 24.2 Å². The molecule has 0 aliphatic rings. The molecule has 0 aliphatic heterocycles. The molecule has 0 rings (SSSR count). The second-order valence-corrected chi connectivity index (χ2v) is 4.44. The molecule has 4 heteroatoms. The van der Waals surface area contributed by atoms with E-state index in [4.69, 9.17) is 4.74 Å². The molecule has 0 bridgehead atoms. The highest BCUT2D eigenvalue weighted by molar-refractivity contribution is 5.76. The Morgan fingerprint density at radius 2 is 1.74 bits per heavy atom. The highest BCUT2D eigenvalue weighted by atomic mass is 16.5. The van der Waals surface area contributed by atoms with Crippen molar-refractivity contribution in [3.63, 3.8) is 0 Å². The van der Waals surface area contributed by atoms with Crippen LogP contribution in [0.2, 0.25) is 0 Å². The molecule has 19 heavy (non-hydrogen) atoms. The molecule has 0 unspecified atom stereocenters. The van der Waals surface area contributed by atoms with Crippen molar-refractivity contribution in [3.8, 4) is 0 Å². The topological polar surface area (TPSA) is 41.6 Å². The van der Waals surface area contributed by atoms with Crippen LogP contribution in [0.4, 0.5) is 0 Å². The molecule has 0 aromatic rings. The fourth-order valence-corrected chi connectivity index (χ4v) is 1.59. The smallest absolute Gasteiger partial charge is 0.245 e. The summed E-state index contributed by atoms with van der Waals surface area (Å²) in [6, 6.07) is 0. The first-order valence-corrected chi connectivity index (χ1v) is 7.67. The van der Waals surface area contributed by atoms with Gasteiger partial charge in [-0.15, -0.1) is 0 Å². The molecule has 0 saturated heterocycles. The summed E-state index contributed by atoms with van der Waals surface area (Å²) in [5, 5.41) is 2.53. The van der Waals surface area contributed by atoms with E-state index in [1.54, 1.807) is 7.05 Å². The average Bonchev–Trinajstić information content (AvgIpc) is 2.45. The summed E-state index contributed by atoms with van der Waals surface area (Å²) < 4.78 is 5.24. The van der Waals surface area contributed by atoms with Crippen LogP contribution in [0.5, 0.6) is 0 Å². The maximum Gasteiger partial charge on any atom is 0.245 e. The van der Waals surface area contributed by atoms with E-state index in [0.717, 1.165) is 19.5 Å². The molecule has 0 saturated carbocycles. The van der Waals surface area contributed by atoms with Gasteiger partial charge in [0.2, 0.25) is 5.91 Å². The van der Waals surface area contributed by atoms with Gasteiger partial charge in [0, 0.05) is 20.2 Å². The number of hydrogen-bond donors (Lipinski definition) is 1. The standard InChI is InChI=1S/C13H28N2O2.C2H6/c1-4-5-6-7-9-15(3)10-8-11-17-12-13(16)14-2;1-2/h4-12H2,1-3H3,(H,14,16);1-2H3. The molecule has 0 spiro atoms. The van der Waals surface area contributed by atoms with E-state index in [-0.39, 0.29) is 12.5 Å². The molecular weight excluding hydrogens is 240 g/mol. The van der Waals surface area contributed by atoms with E-state index >= 15 is 0 Å². The number of carbonyl (C=O) groups excluding carboxylic acids is 1. The number of ether oxygens (including phenoxy) is 1. The lowest BCUT2D eigenvalue weighted by Gasteiger charge is -2.16. The number of nitrogens with one attached hydrogen (secondary N) is 1. The van der Waals surface area contributed by atoms with Crippen LogP contribution in [0, 0.1) is 0 Å². The van der Waals surface area contributed by atoms with Crippen molar-refractivity contribution in [1.82, 2.24) is 10.2 Å². The lowest BCUT2D eigenvalue weighted by atomic mass is 10.2. The number of nitrogens with zero attached hydrogens (tertiary/aromatic N) is 1. The zero-order valence-corrected chi connectivity index (χ0v) is 13.6. The van der Waals surface area contributed by atoms with Crippen LogP contribution in [0.3, 0.4) is 0 Å². The minimum atomic E-state index is -0.0575. The van der Waals surface area contributed by atoms with Gasteiger partial charge in [0.25, 0.3) is 0 Å². The summed E-state index contributed by atoms with van der Waals surface area (Å²) >= 11 is 0. The van der Waals surface area contributed by atoms with Crippen molar-refractivity contribution in [1.29, 1.82) is 0 Å². The van der Waals surface area contributed by atoms with Gasteiger partial charge in [-0.05, 0) is 26.4 Å². The Hall–Kier alpha value is -0.610. The second kappa shape index (κ2) is 17.4. The Labute approximate surface area is 119 Å². The van der Waals surface area contributed by atoms with Crippen molar-refractivity contribution in [2.24, 2.45) is 0 Å². The Morgan fingerprint density at radius 3 is 2.32 bits per heavy atom. The third kappa shape index (κ3) is 17.4. The predicted octanol–water partition coefficient (Wildman–Crippen LogP) is 2.68. The summed E-state index contributed by atoms with van der Waals surface area (Å²) in [5.41, 5.74) is 0. The number of carbonyl (C=O) groups is 1. The molecule has 0 atom stereocenters. The normalized spacial score (nSPS) is 10.0. The van der Waals surface area contributed by atoms with E-state index in [1.807, 2.05) is 13.8 Å². The van der Waals surface area contributed by atoms with Gasteiger partial charge in [-0.2, -0.15) is 0 Å². The molecule has 1 N–H and O–H groups in total. The van der Waals surface area contributed by atoms with Gasteiger partial charge in [-0.25, -0.2) is 0 Å². The zero-order chi connectivity index (χ0) is 14.9. The van der Waals surface area contributed by atoms with Crippen LogP contribution in [0.15, 0.2) is 0 Å². The van der Waals surface area contributed by atoms with E-state index in [0.29, 0.717) is 6.61 Å². The molecule has 0 heterocycles. The lowest BCUT2D eigenvalue weighted by molar-refractivity contribution is -0.125. The molecule has 1 amide bonds. The molecule has 0 aromatic carbocycles. The first-order chi connectivity index (χ1) is 9.20. The maximum absolute atomic E-state index is 10.9. The van der Waals surface area contributed by atoms with Crippen LogP contribution in [0.25, 0.3) is 0 Å². The minimum Gasteiger partial charge on any atom is -0.372 e. The number of rotatable bonds is 11. The second-order valence-electron chi connectivity index (χ2n) is 4.44. The van der Waals surface area contributed by atoms with Gasteiger partial charge in [0.1, 0.15) is 6.61 Å². The molecule has 0 radical (unpaired) electrons. The van der Waals surface area contributed by atoms with Crippen molar-refractivity contribution < 1.29 is 9.53 Å². The maximum atomic E-state index is 10.9. The van der Waals surface area contributed by atoms with E-state index < -0.39 is 0 Å². The van der Waals surface area contributed by atoms with Crippen molar-refractivity contribution in [2.45, 2.75) is 52.9 Å². The molecule has 116 valence electrons. The SMILES string of the molecule is CC.CCCCCCN(C)CCCOCC(=O)NC. The monoisotopic (exact) mass is 274 g/mol. The minimum absolute atomic E-state index is 0.0575. The van der Waals surface area contributed by atoms with Gasteiger partial charge < -0.3 is 15.0 Å². The van der Waals surface area contributed by atoms with Crippen molar-refractivity contribution in [3.05, 3.63) is 0 Å². The summed E-state index contributed by atoms with van der Waals surface area (Å²) in [7, 11) is 3.76. The number of unbranched alkanes of at least 4 members (excludes halogenated alkanes) is 3. The predicted molar refractivity (Wildman–Crippen MR) is 82.5 cm³/mol. The van der Waals surface area contributed by atoms with Crippen molar-refractivity contribution >= 4 is 5.91 Å². The summed E-state index contributed by atoms with van der Waals surface area (Å²) in [5.74, 6) is -0.0575. The third-order valence-electron chi connectivity index (χ3n) is 2.73. The van der Waals surface area contributed by atoms with Gasteiger partial charge >= 0.3 is 0 Å². The first kappa shape index (κ1) is 20.7. The van der Waals surface area contributed by atoms with Crippen LogP contribution in [0.1, 0.15) is 52.9 Å². The quantitative estimate of drug-likeness (QED) is 0.589. The molecule has 0 aliphatic carbocycles. The Kier molecular flexibility index (Phi) is 18.9. The summed E-state index contributed by atoms with van der Waals surface area (Å²) in [4.78, 5) is 13.2. The van der Waals surface area contributed by atoms with Crippen LogP contribution < -0.4 is 5.32 Å². The van der Waals surface area contributed by atoms with Crippen LogP contribution in [-0.4, -0.2) is 51.2 Å². The number of likely N-dealkylation sites (N-methyl/N-ethyl adjacent to an activating group) is 1. The summed E-state index contributed by atoms with van der Waals surface area (Å²) in [6.45, 7) is 9.27. The summed E-state index contributed by atoms with van der Waals surface area (Å²) in [6.07, 6.45) is 6.22. The van der Waals surface area contributed by atoms with E-state index in [9.17, 15) is 4.79 Å². The van der Waals surface area contributed by atoms with Crippen molar-refractivity contribution in [2.75, 3.05) is 40.4 Å². The highest BCUT2D eigenvalue weighted by Crippen LogP contribution is 2.00. The fraction of sp³-hybridized carbons (Fsp3) is 0.933. The van der Waals surface area contributed by atoms with Gasteiger partial charge in [-0.3, -0.25) is 4.79 Å². The van der Waals surface area contributed by atoms with Crippen LogP contribution >= 0.6 is 0 Å². The largest absolute Gasteiger partial charge is 0.372 e. The molecule has 4 nitrogen and oxygen atoms in total. The van der Waals surface area contributed by atoms with Gasteiger partial charge in [-0.1, -0.05) is 40.0 Å². The third-order valence-corrected chi connectivity index (χ3v) is 2.73. The molecule has 0 fully saturated rings. The Balaban J connectivity index is 0. The lowest BCUT2D eigenvalue weighted by Crippen LogP contribution is -2.25.